The van der Waals surface area contributed by atoms with E-state index in [-0.39, 0.29) is 5.69 Å². The Morgan fingerprint density at radius 3 is 2.59 bits per heavy atom. The second-order valence-electron chi connectivity index (χ2n) is 2.98. The molecule has 0 radical (unpaired) electrons. The molecule has 0 saturated heterocycles. The van der Waals surface area contributed by atoms with Gasteiger partial charge in [-0.25, -0.2) is 9.18 Å². The average Bonchev–Trinajstić information content (AvgIpc) is 2.20. The molecule has 8 heteroatoms. The summed E-state index contributed by atoms with van der Waals surface area (Å²) in [6, 6.07) is 2.78. The minimum Gasteiger partial charge on any atom is -0.505 e. The van der Waals surface area contributed by atoms with E-state index in [1.165, 1.54) is 0 Å². The van der Waals surface area contributed by atoms with Crippen molar-refractivity contribution < 1.29 is 32.2 Å². The van der Waals surface area contributed by atoms with Gasteiger partial charge >= 0.3 is 12.3 Å². The van der Waals surface area contributed by atoms with Gasteiger partial charge in [-0.15, -0.1) is 0 Å². The predicted octanol–water partition coefficient (Wildman–Crippen LogP) is 2.64. The third-order valence-corrected chi connectivity index (χ3v) is 1.56. The van der Waals surface area contributed by atoms with E-state index in [9.17, 15) is 22.4 Å². The van der Waals surface area contributed by atoms with Crippen molar-refractivity contribution in [2.24, 2.45) is 0 Å². The van der Waals surface area contributed by atoms with Crippen molar-refractivity contribution in [1.82, 2.24) is 0 Å². The lowest BCUT2D eigenvalue weighted by Crippen LogP contribution is -2.23. The maximum absolute atomic E-state index is 12.8. The fraction of sp³-hybridized carbons (Fsp3) is 0.222. The van der Waals surface area contributed by atoms with Crippen LogP contribution in [0.4, 0.5) is 28.0 Å². The van der Waals surface area contributed by atoms with Gasteiger partial charge in [-0.05, 0) is 12.1 Å². The second kappa shape index (κ2) is 4.89. The zero-order valence-corrected chi connectivity index (χ0v) is 8.21. The Hall–Kier alpha value is -1.99. The van der Waals surface area contributed by atoms with Crippen molar-refractivity contribution >= 4 is 11.8 Å². The molecule has 1 rings (SSSR count). The minimum atomic E-state index is -4.63. The summed E-state index contributed by atoms with van der Waals surface area (Å²) in [5.41, 5.74) is -0.132. The molecular formula is C9H7F4NO3. The Morgan fingerprint density at radius 1 is 1.41 bits per heavy atom. The Labute approximate surface area is 92.8 Å². The highest BCUT2D eigenvalue weighted by molar-refractivity contribution is 5.84. The first-order valence-electron chi connectivity index (χ1n) is 4.27. The van der Waals surface area contributed by atoms with Crippen LogP contribution in [-0.4, -0.2) is 24.0 Å². The number of amides is 1. The molecule has 0 fully saturated rings. The van der Waals surface area contributed by atoms with Crippen molar-refractivity contribution in [3.05, 3.63) is 24.0 Å². The number of hydrogen-bond acceptors (Lipinski definition) is 3. The fourth-order valence-electron chi connectivity index (χ4n) is 0.886. The Morgan fingerprint density at radius 2 is 2.06 bits per heavy atom. The molecule has 0 atom stereocenters. The monoisotopic (exact) mass is 253 g/mol. The van der Waals surface area contributed by atoms with Gasteiger partial charge in [0.15, 0.2) is 18.2 Å². The zero-order valence-electron chi connectivity index (χ0n) is 8.21. The van der Waals surface area contributed by atoms with Crippen molar-refractivity contribution in [2.45, 2.75) is 6.18 Å². The number of halogens is 4. The molecule has 0 aromatic heterocycles. The Bertz CT molecular complexity index is 419. The van der Waals surface area contributed by atoms with Crippen LogP contribution < -0.4 is 5.32 Å². The minimum absolute atomic E-state index is 0.132. The van der Waals surface area contributed by atoms with Gasteiger partial charge in [0.2, 0.25) is 0 Å². The van der Waals surface area contributed by atoms with Gasteiger partial charge in [-0.1, -0.05) is 0 Å². The first-order chi connectivity index (χ1) is 7.78. The topological polar surface area (TPSA) is 58.6 Å². The molecule has 0 aliphatic carbocycles. The summed E-state index contributed by atoms with van der Waals surface area (Å²) in [4.78, 5) is 10.8. The number of nitrogens with one attached hydrogen (secondary N) is 1. The van der Waals surface area contributed by atoms with Gasteiger partial charge in [-0.2, -0.15) is 13.2 Å². The molecule has 0 aliphatic heterocycles. The SMILES string of the molecule is O=C(Nc1ccc(O)c(F)c1)OCC(F)(F)F. The van der Waals surface area contributed by atoms with E-state index in [4.69, 9.17) is 5.11 Å². The van der Waals surface area contributed by atoms with Crippen molar-refractivity contribution in [2.75, 3.05) is 11.9 Å². The largest absolute Gasteiger partial charge is 0.505 e. The number of ether oxygens (including phenoxy) is 1. The summed E-state index contributed by atoms with van der Waals surface area (Å²) in [7, 11) is 0. The number of alkyl halides is 3. The van der Waals surface area contributed by atoms with E-state index in [2.05, 4.69) is 4.74 Å². The highest BCUT2D eigenvalue weighted by atomic mass is 19.4. The zero-order chi connectivity index (χ0) is 13.1. The maximum Gasteiger partial charge on any atom is 0.422 e. The molecule has 0 unspecified atom stereocenters. The van der Waals surface area contributed by atoms with E-state index < -0.39 is 30.4 Å². The van der Waals surface area contributed by atoms with Gasteiger partial charge in [0, 0.05) is 11.8 Å². The van der Waals surface area contributed by atoms with Gasteiger partial charge < -0.3 is 9.84 Å². The molecule has 0 spiro atoms. The Kier molecular flexibility index (Phi) is 3.77. The number of hydrogen-bond donors (Lipinski definition) is 2. The Balaban J connectivity index is 2.54. The lowest BCUT2D eigenvalue weighted by atomic mass is 10.3. The molecule has 0 saturated carbocycles. The summed E-state index contributed by atoms with van der Waals surface area (Å²) in [5, 5.41) is 10.7. The predicted molar refractivity (Wildman–Crippen MR) is 49.1 cm³/mol. The van der Waals surface area contributed by atoms with Crippen LogP contribution in [0, 0.1) is 5.82 Å². The second-order valence-corrected chi connectivity index (χ2v) is 2.98. The lowest BCUT2D eigenvalue weighted by molar-refractivity contribution is -0.159. The van der Waals surface area contributed by atoms with Crippen LogP contribution in [0.5, 0.6) is 5.75 Å². The molecule has 4 nitrogen and oxygen atoms in total. The number of phenolic OH excluding ortho intramolecular Hbond substituents is 1. The van der Waals surface area contributed by atoms with E-state index >= 15 is 0 Å². The third kappa shape index (κ3) is 4.58. The van der Waals surface area contributed by atoms with E-state index in [0.29, 0.717) is 0 Å². The molecule has 0 bridgehead atoms. The average molecular weight is 253 g/mol. The number of carbonyl (C=O) groups excluding carboxylic acids is 1. The summed E-state index contributed by atoms with van der Waals surface area (Å²) < 4.78 is 51.6. The first kappa shape index (κ1) is 13.1. The molecule has 1 aromatic rings. The standard InChI is InChI=1S/C9H7F4NO3/c10-6-3-5(1-2-7(6)15)14-8(16)17-4-9(11,12)13/h1-3,15H,4H2,(H,14,16). The quantitative estimate of drug-likeness (QED) is 0.629. The number of carbonyl (C=O) groups is 1. The smallest absolute Gasteiger partial charge is 0.422 e. The molecular weight excluding hydrogens is 246 g/mol. The van der Waals surface area contributed by atoms with Gasteiger partial charge in [0.1, 0.15) is 0 Å². The normalized spacial score (nSPS) is 11.1. The number of benzene rings is 1. The molecule has 1 amide bonds. The summed E-state index contributed by atoms with van der Waals surface area (Å²) in [5.74, 6) is -1.65. The van der Waals surface area contributed by atoms with Gasteiger partial charge in [0.25, 0.3) is 0 Å². The number of aromatic hydroxyl groups is 1. The van der Waals surface area contributed by atoms with Crippen LogP contribution in [0.3, 0.4) is 0 Å². The van der Waals surface area contributed by atoms with Crippen LogP contribution in [0.25, 0.3) is 0 Å². The van der Waals surface area contributed by atoms with Crippen molar-refractivity contribution in [3.63, 3.8) is 0 Å². The highest BCUT2D eigenvalue weighted by Crippen LogP contribution is 2.20. The molecule has 0 aliphatic rings. The van der Waals surface area contributed by atoms with E-state index in [0.717, 1.165) is 18.2 Å². The van der Waals surface area contributed by atoms with Crippen LogP contribution in [-0.2, 0) is 4.74 Å². The summed E-state index contributed by atoms with van der Waals surface area (Å²) in [6.07, 6.45) is -6.00. The first-order valence-corrected chi connectivity index (χ1v) is 4.27. The fourth-order valence-corrected chi connectivity index (χ4v) is 0.886. The number of rotatable bonds is 2. The number of phenols is 1. The molecule has 17 heavy (non-hydrogen) atoms. The maximum atomic E-state index is 12.8. The van der Waals surface area contributed by atoms with Crippen molar-refractivity contribution in [3.8, 4) is 5.75 Å². The number of anilines is 1. The molecule has 1 aromatic carbocycles. The third-order valence-electron chi connectivity index (χ3n) is 1.56. The molecule has 0 heterocycles. The van der Waals surface area contributed by atoms with Crippen LogP contribution in [0.2, 0.25) is 0 Å². The van der Waals surface area contributed by atoms with Crippen LogP contribution in [0.15, 0.2) is 18.2 Å². The lowest BCUT2D eigenvalue weighted by Gasteiger charge is -2.09. The van der Waals surface area contributed by atoms with Crippen molar-refractivity contribution in [1.29, 1.82) is 0 Å². The summed E-state index contributed by atoms with van der Waals surface area (Å²) >= 11 is 0. The summed E-state index contributed by atoms with van der Waals surface area (Å²) in [6.45, 7) is -1.74. The van der Waals surface area contributed by atoms with E-state index in [1.807, 2.05) is 5.32 Å². The van der Waals surface area contributed by atoms with Gasteiger partial charge in [0.05, 0.1) is 0 Å². The van der Waals surface area contributed by atoms with Crippen LogP contribution >= 0.6 is 0 Å². The van der Waals surface area contributed by atoms with Gasteiger partial charge in [-0.3, -0.25) is 5.32 Å². The van der Waals surface area contributed by atoms with Crippen LogP contribution in [0.1, 0.15) is 0 Å². The van der Waals surface area contributed by atoms with E-state index in [1.54, 1.807) is 0 Å². The molecule has 94 valence electrons. The highest BCUT2D eigenvalue weighted by Gasteiger charge is 2.29. The molecule has 2 N–H and O–H groups in total.